The summed E-state index contributed by atoms with van der Waals surface area (Å²) >= 11 is 17.7. The molecule has 0 saturated heterocycles. The van der Waals surface area contributed by atoms with Crippen LogP contribution < -0.4 is 10.6 Å². The lowest BCUT2D eigenvalue weighted by atomic mass is 9.98. The molecule has 1 aliphatic carbocycles. The van der Waals surface area contributed by atoms with E-state index in [1.165, 1.54) is 12.1 Å². The second kappa shape index (κ2) is 6.30. The molecule has 8 heteroatoms. The Kier molecular flexibility index (Phi) is 4.86. The van der Waals surface area contributed by atoms with Gasteiger partial charge in [-0.1, -0.05) is 47.6 Å². The molecule has 0 atom stereocenters. The van der Waals surface area contributed by atoms with Gasteiger partial charge < -0.3 is 15.7 Å². The number of carbonyl (C=O) groups is 2. The van der Waals surface area contributed by atoms with Crippen molar-refractivity contribution < 1.29 is 14.7 Å². The van der Waals surface area contributed by atoms with E-state index in [2.05, 4.69) is 10.6 Å². The van der Waals surface area contributed by atoms with Crippen molar-refractivity contribution in [2.75, 3.05) is 5.32 Å². The number of halogens is 3. The third kappa shape index (κ3) is 3.54. The molecule has 1 aromatic carbocycles. The standard InChI is InChI=1S/C13H13Cl3N2O3/c14-7-5-8(15)10(9(16)6-7)17-12(21)18-13(11(19)20)3-1-2-4-13/h5-6H,1-4H2,(H,19,20)(H2,17,18,21). The van der Waals surface area contributed by atoms with Crippen LogP contribution in [-0.4, -0.2) is 22.6 Å². The van der Waals surface area contributed by atoms with E-state index in [0.717, 1.165) is 12.8 Å². The van der Waals surface area contributed by atoms with Crippen LogP contribution in [0.1, 0.15) is 25.7 Å². The quantitative estimate of drug-likeness (QED) is 0.765. The van der Waals surface area contributed by atoms with Crippen LogP contribution in [0.5, 0.6) is 0 Å². The number of urea groups is 1. The summed E-state index contributed by atoms with van der Waals surface area (Å²) in [6, 6.07) is 2.21. The number of carboxylic acids is 1. The molecule has 0 bridgehead atoms. The fraction of sp³-hybridized carbons (Fsp3) is 0.385. The fourth-order valence-electron chi connectivity index (χ4n) is 2.39. The number of anilines is 1. The van der Waals surface area contributed by atoms with Gasteiger partial charge in [0.25, 0.3) is 0 Å². The second-order valence-corrected chi connectivity index (χ2v) is 6.17. The number of aliphatic carboxylic acids is 1. The first-order valence-electron chi connectivity index (χ1n) is 6.31. The van der Waals surface area contributed by atoms with Crippen LogP contribution in [0.25, 0.3) is 0 Å². The van der Waals surface area contributed by atoms with Gasteiger partial charge in [0, 0.05) is 5.02 Å². The van der Waals surface area contributed by atoms with Crippen LogP contribution in [0.3, 0.4) is 0 Å². The van der Waals surface area contributed by atoms with Crippen molar-refractivity contribution in [3.05, 3.63) is 27.2 Å². The van der Waals surface area contributed by atoms with Crippen molar-refractivity contribution in [2.45, 2.75) is 31.2 Å². The predicted octanol–water partition coefficient (Wildman–Crippen LogP) is 4.17. The van der Waals surface area contributed by atoms with Crippen LogP contribution in [0.15, 0.2) is 12.1 Å². The summed E-state index contributed by atoms with van der Waals surface area (Å²) in [5.74, 6) is -1.04. The van der Waals surface area contributed by atoms with Crippen LogP contribution in [-0.2, 0) is 4.79 Å². The average molecular weight is 352 g/mol. The Bertz CT molecular complexity index is 563. The third-order valence-electron chi connectivity index (χ3n) is 3.46. The summed E-state index contributed by atoms with van der Waals surface area (Å²) in [5.41, 5.74) is -1.03. The molecule has 114 valence electrons. The minimum atomic E-state index is -1.23. The Hall–Kier alpha value is -1.17. The Morgan fingerprint density at radius 3 is 2.10 bits per heavy atom. The number of rotatable bonds is 3. The molecule has 21 heavy (non-hydrogen) atoms. The van der Waals surface area contributed by atoms with Crippen molar-refractivity contribution in [3.63, 3.8) is 0 Å². The van der Waals surface area contributed by atoms with Crippen LogP contribution in [0.2, 0.25) is 15.1 Å². The summed E-state index contributed by atoms with van der Waals surface area (Å²) in [4.78, 5) is 23.4. The number of nitrogens with one attached hydrogen (secondary N) is 2. The maximum absolute atomic E-state index is 12.0. The lowest BCUT2D eigenvalue weighted by molar-refractivity contribution is -0.144. The number of carboxylic acid groups (broad SMARTS) is 1. The average Bonchev–Trinajstić information content (AvgIpc) is 2.83. The Balaban J connectivity index is 2.14. The first-order chi connectivity index (χ1) is 9.84. The molecule has 0 heterocycles. The molecule has 2 amide bonds. The van der Waals surface area contributed by atoms with E-state index >= 15 is 0 Å². The Morgan fingerprint density at radius 2 is 1.62 bits per heavy atom. The maximum atomic E-state index is 12.0. The molecule has 5 nitrogen and oxygen atoms in total. The number of benzene rings is 1. The number of amides is 2. The van der Waals surface area contributed by atoms with Crippen LogP contribution in [0, 0.1) is 0 Å². The molecule has 1 saturated carbocycles. The molecule has 0 aromatic heterocycles. The summed E-state index contributed by atoms with van der Waals surface area (Å²) in [7, 11) is 0. The number of hydrogen-bond acceptors (Lipinski definition) is 2. The molecule has 0 unspecified atom stereocenters. The molecular weight excluding hydrogens is 339 g/mol. The second-order valence-electron chi connectivity index (χ2n) is 4.92. The Morgan fingerprint density at radius 1 is 1.10 bits per heavy atom. The van der Waals surface area contributed by atoms with Crippen molar-refractivity contribution in [1.82, 2.24) is 5.32 Å². The van der Waals surface area contributed by atoms with Crippen molar-refractivity contribution in [2.24, 2.45) is 0 Å². The largest absolute Gasteiger partial charge is 0.480 e. The highest BCUT2D eigenvalue weighted by atomic mass is 35.5. The van der Waals surface area contributed by atoms with E-state index in [4.69, 9.17) is 34.8 Å². The summed E-state index contributed by atoms with van der Waals surface area (Å²) in [5, 5.41) is 15.0. The molecule has 1 aliphatic rings. The SMILES string of the molecule is O=C(Nc1c(Cl)cc(Cl)cc1Cl)NC1(C(=O)O)CCCC1. The lowest BCUT2D eigenvalue weighted by Crippen LogP contribution is -2.53. The van der Waals surface area contributed by atoms with E-state index in [1.807, 2.05) is 0 Å². The molecule has 0 radical (unpaired) electrons. The van der Waals surface area contributed by atoms with Gasteiger partial charge in [-0.05, 0) is 25.0 Å². The minimum absolute atomic E-state index is 0.179. The Labute approximate surface area is 136 Å². The summed E-state index contributed by atoms with van der Waals surface area (Å²) < 4.78 is 0. The summed E-state index contributed by atoms with van der Waals surface area (Å²) in [6.45, 7) is 0. The normalized spacial score (nSPS) is 16.5. The van der Waals surface area contributed by atoms with E-state index in [9.17, 15) is 14.7 Å². The molecule has 3 N–H and O–H groups in total. The molecular formula is C13H13Cl3N2O3. The third-order valence-corrected chi connectivity index (χ3v) is 4.28. The first kappa shape index (κ1) is 16.2. The predicted molar refractivity (Wildman–Crippen MR) is 82.5 cm³/mol. The van der Waals surface area contributed by atoms with Gasteiger partial charge in [-0.2, -0.15) is 0 Å². The smallest absolute Gasteiger partial charge is 0.329 e. The maximum Gasteiger partial charge on any atom is 0.329 e. The zero-order valence-electron chi connectivity index (χ0n) is 10.9. The zero-order chi connectivity index (χ0) is 15.6. The van der Waals surface area contributed by atoms with Crippen molar-refractivity contribution in [1.29, 1.82) is 0 Å². The van der Waals surface area contributed by atoms with Gasteiger partial charge in [-0.15, -0.1) is 0 Å². The first-order valence-corrected chi connectivity index (χ1v) is 7.44. The van der Waals surface area contributed by atoms with Gasteiger partial charge in [0.15, 0.2) is 0 Å². The van der Waals surface area contributed by atoms with Gasteiger partial charge in [-0.25, -0.2) is 9.59 Å². The van der Waals surface area contributed by atoms with Crippen LogP contribution in [0.4, 0.5) is 10.5 Å². The lowest BCUT2D eigenvalue weighted by Gasteiger charge is -2.25. The highest BCUT2D eigenvalue weighted by Crippen LogP contribution is 2.34. The van der Waals surface area contributed by atoms with E-state index in [0.29, 0.717) is 17.9 Å². The highest BCUT2D eigenvalue weighted by molar-refractivity contribution is 6.42. The minimum Gasteiger partial charge on any atom is -0.480 e. The molecule has 0 aliphatic heterocycles. The van der Waals surface area contributed by atoms with Gasteiger partial charge in [0.05, 0.1) is 15.7 Å². The van der Waals surface area contributed by atoms with E-state index in [1.54, 1.807) is 0 Å². The monoisotopic (exact) mass is 350 g/mol. The number of hydrogen-bond donors (Lipinski definition) is 3. The summed E-state index contributed by atoms with van der Waals surface area (Å²) in [6.07, 6.45) is 2.32. The highest BCUT2D eigenvalue weighted by Gasteiger charge is 2.42. The molecule has 0 spiro atoms. The van der Waals surface area contributed by atoms with Gasteiger partial charge in [0.1, 0.15) is 5.54 Å². The van der Waals surface area contributed by atoms with E-state index in [-0.39, 0.29) is 15.7 Å². The van der Waals surface area contributed by atoms with Crippen molar-refractivity contribution in [3.8, 4) is 0 Å². The molecule has 1 aromatic rings. The van der Waals surface area contributed by atoms with Gasteiger partial charge >= 0.3 is 12.0 Å². The number of carbonyl (C=O) groups excluding carboxylic acids is 1. The zero-order valence-corrected chi connectivity index (χ0v) is 13.1. The van der Waals surface area contributed by atoms with Gasteiger partial charge in [-0.3, -0.25) is 0 Å². The van der Waals surface area contributed by atoms with E-state index < -0.39 is 17.5 Å². The topological polar surface area (TPSA) is 78.4 Å². The van der Waals surface area contributed by atoms with Crippen LogP contribution >= 0.6 is 34.8 Å². The molecule has 1 fully saturated rings. The van der Waals surface area contributed by atoms with Crippen molar-refractivity contribution >= 4 is 52.5 Å². The molecule has 2 rings (SSSR count). The van der Waals surface area contributed by atoms with Gasteiger partial charge in [0.2, 0.25) is 0 Å². The fourth-order valence-corrected chi connectivity index (χ4v) is 3.31.